The van der Waals surface area contributed by atoms with Crippen LogP contribution in [0.1, 0.15) is 17.3 Å². The van der Waals surface area contributed by atoms with Crippen LogP contribution in [-0.4, -0.2) is 49.9 Å². The molecule has 9 nitrogen and oxygen atoms in total. The lowest BCUT2D eigenvalue weighted by Crippen LogP contribution is -2.45. The summed E-state index contributed by atoms with van der Waals surface area (Å²) in [6.07, 6.45) is 1.37. The van der Waals surface area contributed by atoms with E-state index in [9.17, 15) is 14.4 Å². The predicted octanol–water partition coefficient (Wildman–Crippen LogP) is -0.781. The van der Waals surface area contributed by atoms with Crippen molar-refractivity contribution in [2.45, 2.75) is 12.8 Å². The molecule has 0 aromatic carbocycles. The van der Waals surface area contributed by atoms with Gasteiger partial charge in [-0.15, -0.1) is 0 Å². The number of pyridine rings is 1. The van der Waals surface area contributed by atoms with Crippen LogP contribution in [0.15, 0.2) is 32.9 Å². The number of carbonyl (C=O) groups is 1. The van der Waals surface area contributed by atoms with Gasteiger partial charge in [0.05, 0.1) is 6.54 Å². The van der Waals surface area contributed by atoms with Crippen LogP contribution in [0.5, 0.6) is 0 Å². The third-order valence-corrected chi connectivity index (χ3v) is 3.69. The van der Waals surface area contributed by atoms with Crippen molar-refractivity contribution >= 4 is 12.0 Å². The topological polar surface area (TPSA) is 102 Å². The van der Waals surface area contributed by atoms with Crippen molar-refractivity contribution in [3.8, 4) is 5.82 Å². The molecule has 2 aromatic rings. The van der Waals surface area contributed by atoms with Crippen molar-refractivity contribution in [1.82, 2.24) is 24.3 Å². The summed E-state index contributed by atoms with van der Waals surface area (Å²) in [7, 11) is 3.09. The van der Waals surface area contributed by atoms with E-state index in [0.29, 0.717) is 5.69 Å². The fourth-order valence-corrected chi connectivity index (χ4v) is 2.50. The van der Waals surface area contributed by atoms with Crippen molar-refractivity contribution in [2.24, 2.45) is 12.1 Å². The van der Waals surface area contributed by atoms with Crippen molar-refractivity contribution in [3.05, 3.63) is 50.4 Å². The number of aryl methyl sites for hydroxylation is 2. The van der Waals surface area contributed by atoms with E-state index in [-0.39, 0.29) is 23.8 Å². The number of nitrogens with zero attached hydrogens (tertiary/aromatic N) is 6. The molecule has 0 saturated heterocycles. The summed E-state index contributed by atoms with van der Waals surface area (Å²) >= 11 is 0. The molecule has 0 spiro atoms. The molecular weight excluding hydrogens is 312 g/mol. The molecule has 0 fully saturated rings. The van der Waals surface area contributed by atoms with Gasteiger partial charge in [0, 0.05) is 26.0 Å². The zero-order valence-corrected chi connectivity index (χ0v) is 13.5. The molecule has 24 heavy (non-hydrogen) atoms. The van der Waals surface area contributed by atoms with E-state index in [1.807, 2.05) is 0 Å². The van der Waals surface area contributed by atoms with Crippen LogP contribution in [0.2, 0.25) is 0 Å². The van der Waals surface area contributed by atoms with Gasteiger partial charge in [-0.05, 0) is 19.1 Å². The van der Waals surface area contributed by atoms with Gasteiger partial charge < -0.3 is 0 Å². The van der Waals surface area contributed by atoms with Crippen LogP contribution < -0.4 is 11.2 Å². The molecule has 0 bridgehead atoms. The normalized spacial score (nSPS) is 17.4. The molecule has 0 radical (unpaired) electrons. The second-order valence-corrected chi connectivity index (χ2v) is 5.59. The molecular formula is C15H16N6O3. The molecule has 0 aliphatic carbocycles. The third-order valence-electron chi connectivity index (χ3n) is 3.69. The molecule has 1 aliphatic rings. The highest BCUT2D eigenvalue weighted by Crippen LogP contribution is 2.13. The van der Waals surface area contributed by atoms with E-state index < -0.39 is 17.2 Å². The fraction of sp³-hybridized carbons (Fsp3) is 0.333. The Bertz CT molecular complexity index is 958. The van der Waals surface area contributed by atoms with Crippen LogP contribution in [0.3, 0.4) is 0 Å². The number of hydrazone groups is 1. The minimum atomic E-state index is -0.878. The smallest absolute Gasteiger partial charge is 0.296 e. The Hall–Kier alpha value is -3.10. The Morgan fingerprint density at radius 1 is 1.17 bits per heavy atom. The average molecular weight is 328 g/mol. The summed E-state index contributed by atoms with van der Waals surface area (Å²) in [6, 6.07) is 5.02. The lowest BCUT2D eigenvalue weighted by Gasteiger charge is -2.21. The highest BCUT2D eigenvalue weighted by atomic mass is 16.2. The van der Waals surface area contributed by atoms with Crippen molar-refractivity contribution in [1.29, 1.82) is 0 Å². The second-order valence-electron chi connectivity index (χ2n) is 5.59. The zero-order chi connectivity index (χ0) is 17.4. The van der Waals surface area contributed by atoms with E-state index in [1.165, 1.54) is 18.3 Å². The SMILES string of the molecule is Cc1cccc(-n2c(=O)c(C3C=NN(C)CC3=O)nn(C)c2=O)n1. The number of hydrogen-bond acceptors (Lipinski definition) is 7. The maximum Gasteiger partial charge on any atom is 0.353 e. The van der Waals surface area contributed by atoms with Crippen molar-refractivity contribution in [3.63, 3.8) is 0 Å². The third kappa shape index (κ3) is 2.64. The molecule has 124 valence electrons. The number of ketones is 1. The van der Waals surface area contributed by atoms with E-state index in [2.05, 4.69) is 15.2 Å². The monoisotopic (exact) mass is 328 g/mol. The molecule has 9 heteroatoms. The van der Waals surface area contributed by atoms with Gasteiger partial charge in [-0.2, -0.15) is 10.2 Å². The van der Waals surface area contributed by atoms with Gasteiger partial charge in [0.2, 0.25) is 0 Å². The van der Waals surface area contributed by atoms with E-state index >= 15 is 0 Å². The summed E-state index contributed by atoms with van der Waals surface area (Å²) in [5, 5.41) is 9.51. The highest BCUT2D eigenvalue weighted by molar-refractivity contribution is 6.02. The second kappa shape index (κ2) is 5.84. The Morgan fingerprint density at radius 3 is 2.58 bits per heavy atom. The fourth-order valence-electron chi connectivity index (χ4n) is 2.50. The Kier molecular flexibility index (Phi) is 3.84. The molecule has 3 heterocycles. The van der Waals surface area contributed by atoms with Gasteiger partial charge >= 0.3 is 5.69 Å². The van der Waals surface area contributed by atoms with Crippen LogP contribution in [0.4, 0.5) is 0 Å². The number of likely N-dealkylation sites (N-methyl/N-ethyl adjacent to an activating group) is 1. The molecule has 1 unspecified atom stereocenters. The van der Waals surface area contributed by atoms with Gasteiger partial charge in [0.15, 0.2) is 5.78 Å². The summed E-state index contributed by atoms with van der Waals surface area (Å²) in [6.45, 7) is 1.84. The summed E-state index contributed by atoms with van der Waals surface area (Å²) in [5.74, 6) is -0.891. The zero-order valence-electron chi connectivity index (χ0n) is 13.5. The largest absolute Gasteiger partial charge is 0.353 e. The average Bonchev–Trinajstić information content (AvgIpc) is 2.52. The predicted molar refractivity (Wildman–Crippen MR) is 86.5 cm³/mol. The number of carbonyl (C=O) groups excluding carboxylic acids is 1. The van der Waals surface area contributed by atoms with E-state index in [0.717, 1.165) is 9.25 Å². The van der Waals surface area contributed by atoms with Gasteiger partial charge in [-0.25, -0.2) is 19.0 Å². The van der Waals surface area contributed by atoms with Crippen LogP contribution in [-0.2, 0) is 11.8 Å². The first-order valence-corrected chi connectivity index (χ1v) is 7.30. The Morgan fingerprint density at radius 2 is 1.92 bits per heavy atom. The molecule has 0 N–H and O–H groups in total. The maximum absolute atomic E-state index is 12.8. The van der Waals surface area contributed by atoms with Crippen molar-refractivity contribution < 1.29 is 4.79 Å². The first-order chi connectivity index (χ1) is 11.4. The van der Waals surface area contributed by atoms with E-state index in [4.69, 9.17) is 0 Å². The van der Waals surface area contributed by atoms with Gasteiger partial charge in [0.25, 0.3) is 5.56 Å². The van der Waals surface area contributed by atoms with Crippen LogP contribution >= 0.6 is 0 Å². The number of hydrogen-bond donors (Lipinski definition) is 0. The van der Waals surface area contributed by atoms with Gasteiger partial charge in [-0.1, -0.05) is 6.07 Å². The lowest BCUT2D eigenvalue weighted by molar-refractivity contribution is -0.120. The molecule has 1 atom stereocenters. The van der Waals surface area contributed by atoms with Crippen molar-refractivity contribution in [2.75, 3.05) is 13.6 Å². The number of aromatic nitrogens is 4. The summed E-state index contributed by atoms with van der Waals surface area (Å²) in [4.78, 5) is 41.6. The standard InChI is InChI=1S/C15H16N6O3/c1-9-5-4-6-12(17-9)21-14(23)13(18-20(3)15(21)24)10-7-16-19(2)8-11(10)22/h4-7,10H,8H2,1-3H3. The molecule has 3 rings (SSSR count). The van der Waals surface area contributed by atoms with Gasteiger partial charge in [-0.3, -0.25) is 14.6 Å². The first-order valence-electron chi connectivity index (χ1n) is 7.30. The summed E-state index contributed by atoms with van der Waals surface area (Å²) in [5.41, 5.74) is -0.663. The molecule has 1 aliphatic heterocycles. The number of Topliss-reactive ketones (excluding diaryl/α,β-unsaturated/α-hetero) is 1. The Labute approximate surface area is 136 Å². The lowest BCUT2D eigenvalue weighted by atomic mass is 10.0. The minimum Gasteiger partial charge on any atom is -0.296 e. The first kappa shape index (κ1) is 15.8. The molecule has 2 aromatic heterocycles. The van der Waals surface area contributed by atoms with Gasteiger partial charge in [0.1, 0.15) is 17.4 Å². The highest BCUT2D eigenvalue weighted by Gasteiger charge is 2.29. The molecule has 0 saturated carbocycles. The molecule has 0 amide bonds. The minimum absolute atomic E-state index is 0.0396. The Balaban J connectivity index is 2.24. The summed E-state index contributed by atoms with van der Waals surface area (Å²) < 4.78 is 1.95. The number of rotatable bonds is 2. The van der Waals surface area contributed by atoms with Crippen LogP contribution in [0, 0.1) is 6.92 Å². The quantitative estimate of drug-likeness (QED) is 0.716. The van der Waals surface area contributed by atoms with Crippen LogP contribution in [0.25, 0.3) is 5.82 Å². The van der Waals surface area contributed by atoms with E-state index in [1.54, 1.807) is 32.2 Å². The maximum atomic E-state index is 12.8.